The van der Waals surface area contributed by atoms with Gasteiger partial charge in [0.2, 0.25) is 5.91 Å². The van der Waals surface area contributed by atoms with Crippen molar-refractivity contribution in [1.82, 2.24) is 15.1 Å². The Kier molecular flexibility index (Phi) is 3.70. The van der Waals surface area contributed by atoms with Crippen LogP contribution < -0.4 is 5.32 Å². The molecular weight excluding hydrogens is 282 g/mol. The highest BCUT2D eigenvalue weighted by Crippen LogP contribution is 2.36. The summed E-state index contributed by atoms with van der Waals surface area (Å²) in [5, 5.41) is 2.83. The highest BCUT2D eigenvalue weighted by molar-refractivity contribution is 6.10. The van der Waals surface area contributed by atoms with Crippen LogP contribution in [-0.2, 0) is 9.59 Å². The van der Waals surface area contributed by atoms with Crippen LogP contribution in [0.3, 0.4) is 0 Å². The van der Waals surface area contributed by atoms with Crippen molar-refractivity contribution < 1.29 is 14.4 Å². The van der Waals surface area contributed by atoms with Crippen LogP contribution in [0, 0.1) is 0 Å². The van der Waals surface area contributed by atoms with Gasteiger partial charge in [-0.15, -0.1) is 0 Å². The lowest BCUT2D eigenvalue weighted by Crippen LogP contribution is -2.52. The molecule has 2 heterocycles. The number of carbonyl (C=O) groups excluding carboxylic acids is 3. The molecule has 3 aliphatic rings. The summed E-state index contributed by atoms with van der Waals surface area (Å²) < 4.78 is 0. The minimum atomic E-state index is -0.747. The molecule has 1 unspecified atom stereocenters. The molecule has 0 aromatic rings. The number of nitrogens with one attached hydrogen (secondary N) is 1. The fourth-order valence-electron chi connectivity index (χ4n) is 3.78. The zero-order chi connectivity index (χ0) is 15.9. The molecule has 1 N–H and O–H groups in total. The quantitative estimate of drug-likeness (QED) is 0.619. The van der Waals surface area contributed by atoms with E-state index in [4.69, 9.17) is 0 Å². The number of nitrogens with zero attached hydrogens (tertiary/aromatic N) is 2. The molecule has 0 radical (unpaired) electrons. The van der Waals surface area contributed by atoms with E-state index in [-0.39, 0.29) is 11.8 Å². The van der Waals surface area contributed by atoms with Gasteiger partial charge in [-0.2, -0.15) is 0 Å². The first-order valence-corrected chi connectivity index (χ1v) is 8.05. The first-order valence-electron chi connectivity index (χ1n) is 8.05. The standard InChI is InChI=1S/C16H23N3O3/c1-11-6-5-9-18(10-11)13(20)12(2)19-14(21)16(17-15(19)22)7-3-4-8-16/h6,12H,3-5,7-10H2,1-2H3,(H,17,22). The Hall–Kier alpha value is -1.85. The van der Waals surface area contributed by atoms with E-state index >= 15 is 0 Å². The third-order valence-corrected chi connectivity index (χ3v) is 5.04. The summed E-state index contributed by atoms with van der Waals surface area (Å²) >= 11 is 0. The van der Waals surface area contributed by atoms with Gasteiger partial charge in [0.25, 0.3) is 5.91 Å². The van der Waals surface area contributed by atoms with Crippen LogP contribution in [0.1, 0.15) is 46.0 Å². The van der Waals surface area contributed by atoms with E-state index in [0.29, 0.717) is 25.9 Å². The Morgan fingerprint density at radius 1 is 1.32 bits per heavy atom. The minimum absolute atomic E-state index is 0.147. The fourth-order valence-corrected chi connectivity index (χ4v) is 3.78. The summed E-state index contributed by atoms with van der Waals surface area (Å²) in [6, 6.07) is -1.16. The number of hydrogen-bond donors (Lipinski definition) is 1. The first-order chi connectivity index (χ1) is 10.4. The molecule has 2 fully saturated rings. The summed E-state index contributed by atoms with van der Waals surface area (Å²) in [5.41, 5.74) is 0.403. The molecule has 22 heavy (non-hydrogen) atoms. The van der Waals surface area contributed by atoms with Gasteiger partial charge in [-0.25, -0.2) is 9.69 Å². The highest BCUT2D eigenvalue weighted by atomic mass is 16.2. The van der Waals surface area contributed by atoms with Crippen molar-refractivity contribution in [1.29, 1.82) is 0 Å². The van der Waals surface area contributed by atoms with Crippen molar-refractivity contribution in [3.05, 3.63) is 11.6 Å². The Morgan fingerprint density at radius 2 is 2.00 bits per heavy atom. The Bertz CT molecular complexity index is 549. The molecule has 6 heteroatoms. The van der Waals surface area contributed by atoms with E-state index in [1.165, 1.54) is 0 Å². The predicted molar refractivity (Wildman–Crippen MR) is 81.0 cm³/mol. The Labute approximate surface area is 130 Å². The summed E-state index contributed by atoms with van der Waals surface area (Å²) in [6.07, 6.45) is 6.20. The molecule has 0 bridgehead atoms. The molecule has 120 valence electrons. The Balaban J connectivity index is 1.75. The van der Waals surface area contributed by atoms with Crippen LogP contribution in [0.15, 0.2) is 11.6 Å². The molecule has 6 nitrogen and oxygen atoms in total. The SMILES string of the molecule is CC1=CCCN(C(=O)C(C)N2C(=O)NC3(CCCC3)C2=O)C1. The van der Waals surface area contributed by atoms with Crippen LogP contribution in [0.4, 0.5) is 4.79 Å². The van der Waals surface area contributed by atoms with Gasteiger partial charge in [0.05, 0.1) is 0 Å². The second-order valence-electron chi connectivity index (χ2n) is 6.67. The number of rotatable bonds is 2. The summed E-state index contributed by atoms with van der Waals surface area (Å²) in [5.74, 6) is -0.369. The van der Waals surface area contributed by atoms with Crippen molar-refractivity contribution >= 4 is 17.8 Å². The third kappa shape index (κ3) is 2.30. The van der Waals surface area contributed by atoms with Gasteiger partial charge < -0.3 is 10.2 Å². The largest absolute Gasteiger partial charge is 0.337 e. The lowest BCUT2D eigenvalue weighted by Gasteiger charge is -2.31. The molecule has 1 saturated carbocycles. The Morgan fingerprint density at radius 3 is 2.64 bits per heavy atom. The molecule has 0 aromatic carbocycles. The fraction of sp³-hybridized carbons (Fsp3) is 0.688. The molecular formula is C16H23N3O3. The van der Waals surface area contributed by atoms with Crippen molar-refractivity contribution in [2.45, 2.75) is 57.5 Å². The molecule has 1 atom stereocenters. The molecule has 3 rings (SSSR count). The summed E-state index contributed by atoms with van der Waals surface area (Å²) in [4.78, 5) is 40.5. The van der Waals surface area contributed by atoms with Crippen molar-refractivity contribution in [3.63, 3.8) is 0 Å². The molecule has 1 aliphatic carbocycles. The zero-order valence-corrected chi connectivity index (χ0v) is 13.2. The second-order valence-corrected chi connectivity index (χ2v) is 6.67. The van der Waals surface area contributed by atoms with Gasteiger partial charge in [-0.3, -0.25) is 9.59 Å². The lowest BCUT2D eigenvalue weighted by atomic mass is 9.97. The molecule has 1 spiro atoms. The topological polar surface area (TPSA) is 69.7 Å². The van der Waals surface area contributed by atoms with Gasteiger partial charge >= 0.3 is 6.03 Å². The molecule has 2 aliphatic heterocycles. The van der Waals surface area contributed by atoms with E-state index in [1.54, 1.807) is 11.8 Å². The van der Waals surface area contributed by atoms with Crippen LogP contribution in [0.25, 0.3) is 0 Å². The van der Waals surface area contributed by atoms with Gasteiger partial charge in [0.15, 0.2) is 0 Å². The van der Waals surface area contributed by atoms with E-state index in [0.717, 1.165) is 29.7 Å². The van der Waals surface area contributed by atoms with Crippen LogP contribution >= 0.6 is 0 Å². The van der Waals surface area contributed by atoms with Crippen molar-refractivity contribution in [2.24, 2.45) is 0 Å². The summed E-state index contributed by atoms with van der Waals surface area (Å²) in [7, 11) is 0. The maximum atomic E-state index is 12.7. The van der Waals surface area contributed by atoms with Crippen LogP contribution in [0.2, 0.25) is 0 Å². The third-order valence-electron chi connectivity index (χ3n) is 5.04. The van der Waals surface area contributed by atoms with E-state index < -0.39 is 17.6 Å². The maximum absolute atomic E-state index is 12.7. The molecule has 1 saturated heterocycles. The molecule has 4 amide bonds. The second kappa shape index (κ2) is 5.41. The van der Waals surface area contributed by atoms with Gasteiger partial charge in [0.1, 0.15) is 11.6 Å². The maximum Gasteiger partial charge on any atom is 0.325 e. The van der Waals surface area contributed by atoms with Gasteiger partial charge in [0, 0.05) is 13.1 Å². The van der Waals surface area contributed by atoms with Crippen LogP contribution in [-0.4, -0.2) is 52.3 Å². The summed E-state index contributed by atoms with van der Waals surface area (Å²) in [6.45, 7) is 4.88. The van der Waals surface area contributed by atoms with E-state index in [1.807, 2.05) is 6.92 Å². The van der Waals surface area contributed by atoms with Crippen LogP contribution in [0.5, 0.6) is 0 Å². The monoisotopic (exact) mass is 305 g/mol. The van der Waals surface area contributed by atoms with Crippen molar-refractivity contribution in [2.75, 3.05) is 13.1 Å². The zero-order valence-electron chi connectivity index (χ0n) is 13.2. The average Bonchev–Trinajstić information content (AvgIpc) is 3.04. The lowest BCUT2D eigenvalue weighted by molar-refractivity contribution is -0.142. The predicted octanol–water partition coefficient (Wildman–Crippen LogP) is 1.42. The normalized spacial score (nSPS) is 25.5. The number of urea groups is 1. The number of carbonyl (C=O) groups is 3. The number of amides is 4. The minimum Gasteiger partial charge on any atom is -0.337 e. The van der Waals surface area contributed by atoms with Gasteiger partial charge in [-0.05, 0) is 33.1 Å². The first kappa shape index (κ1) is 15.1. The van der Waals surface area contributed by atoms with E-state index in [9.17, 15) is 14.4 Å². The number of hydrogen-bond acceptors (Lipinski definition) is 3. The average molecular weight is 305 g/mol. The van der Waals surface area contributed by atoms with Gasteiger partial charge in [-0.1, -0.05) is 24.5 Å². The van der Waals surface area contributed by atoms with Crippen molar-refractivity contribution in [3.8, 4) is 0 Å². The smallest absolute Gasteiger partial charge is 0.325 e. The molecule has 0 aromatic heterocycles. The number of imide groups is 1. The van der Waals surface area contributed by atoms with E-state index in [2.05, 4.69) is 11.4 Å². The highest BCUT2D eigenvalue weighted by Gasteiger charge is 2.54.